The van der Waals surface area contributed by atoms with Crippen molar-refractivity contribution in [2.75, 3.05) is 20.2 Å². The van der Waals surface area contributed by atoms with E-state index >= 15 is 0 Å². The van der Waals surface area contributed by atoms with Crippen LogP contribution in [0.2, 0.25) is 5.02 Å². The summed E-state index contributed by atoms with van der Waals surface area (Å²) in [5.74, 6) is 1.51. The molecule has 0 amide bonds. The van der Waals surface area contributed by atoms with Crippen molar-refractivity contribution in [2.24, 2.45) is 5.92 Å². The molecule has 18 heavy (non-hydrogen) atoms. The van der Waals surface area contributed by atoms with Crippen LogP contribution in [0.3, 0.4) is 0 Å². The smallest absolute Gasteiger partial charge is 0.123 e. The summed E-state index contributed by atoms with van der Waals surface area (Å²) in [6, 6.07) is 2.06. The fourth-order valence-corrected chi connectivity index (χ4v) is 2.07. The second-order valence-electron chi connectivity index (χ2n) is 5.17. The lowest BCUT2D eigenvalue weighted by molar-refractivity contribution is 0.268. The van der Waals surface area contributed by atoms with Gasteiger partial charge in [0, 0.05) is 5.02 Å². The molecule has 0 atom stereocenters. The number of aryl methyl sites for hydroxylation is 1. The third kappa shape index (κ3) is 3.89. The predicted molar refractivity (Wildman–Crippen MR) is 78.9 cm³/mol. The van der Waals surface area contributed by atoms with Gasteiger partial charge in [-0.1, -0.05) is 25.4 Å². The highest BCUT2D eigenvalue weighted by Crippen LogP contribution is 2.32. The van der Waals surface area contributed by atoms with Gasteiger partial charge in [-0.25, -0.2) is 0 Å². The molecule has 0 aliphatic rings. The Morgan fingerprint density at radius 3 is 2.56 bits per heavy atom. The molecule has 0 aliphatic heterocycles. The molecule has 0 heterocycles. The molecule has 0 unspecified atom stereocenters. The Hall–Kier alpha value is -0.730. The summed E-state index contributed by atoms with van der Waals surface area (Å²) in [6.45, 7) is 10.1. The lowest BCUT2D eigenvalue weighted by Crippen LogP contribution is -2.13. The minimum atomic E-state index is 0.526. The third-order valence-corrected chi connectivity index (χ3v) is 3.55. The average molecular weight is 270 g/mol. The van der Waals surface area contributed by atoms with Gasteiger partial charge >= 0.3 is 0 Å². The quantitative estimate of drug-likeness (QED) is 0.849. The molecule has 102 valence electrons. The van der Waals surface area contributed by atoms with Crippen LogP contribution in [0.15, 0.2) is 6.07 Å². The van der Waals surface area contributed by atoms with Crippen molar-refractivity contribution in [1.29, 1.82) is 0 Å². The highest BCUT2D eigenvalue weighted by Gasteiger charge is 2.13. The molecule has 0 spiro atoms. The van der Waals surface area contributed by atoms with Crippen LogP contribution in [-0.4, -0.2) is 20.2 Å². The minimum Gasteiger partial charge on any atom is -0.493 e. The summed E-state index contributed by atoms with van der Waals surface area (Å²) < 4.78 is 5.93. The molecule has 1 aromatic rings. The van der Waals surface area contributed by atoms with Gasteiger partial charge in [-0.05, 0) is 62.5 Å². The Kier molecular flexibility index (Phi) is 5.97. The number of likely N-dealkylation sites (N-methyl/N-ethyl adjacent to an activating group) is 1. The SMILES string of the molecule is CNCCc1c(OCC(C)C)cc(C)c(Cl)c1C. The van der Waals surface area contributed by atoms with E-state index in [4.69, 9.17) is 16.3 Å². The normalized spacial score (nSPS) is 11.1. The summed E-state index contributed by atoms with van der Waals surface area (Å²) in [4.78, 5) is 0. The topological polar surface area (TPSA) is 21.3 Å². The van der Waals surface area contributed by atoms with Crippen molar-refractivity contribution in [2.45, 2.75) is 34.1 Å². The van der Waals surface area contributed by atoms with Crippen LogP contribution in [0.5, 0.6) is 5.75 Å². The van der Waals surface area contributed by atoms with Crippen LogP contribution < -0.4 is 10.1 Å². The first-order chi connectivity index (χ1) is 8.47. The van der Waals surface area contributed by atoms with E-state index in [9.17, 15) is 0 Å². The van der Waals surface area contributed by atoms with Crippen molar-refractivity contribution in [3.8, 4) is 5.75 Å². The van der Waals surface area contributed by atoms with E-state index in [0.717, 1.165) is 41.5 Å². The molecule has 1 aromatic carbocycles. The van der Waals surface area contributed by atoms with Crippen LogP contribution >= 0.6 is 11.6 Å². The number of rotatable bonds is 6. The highest BCUT2D eigenvalue weighted by atomic mass is 35.5. The van der Waals surface area contributed by atoms with Crippen LogP contribution in [-0.2, 0) is 6.42 Å². The maximum absolute atomic E-state index is 6.32. The second-order valence-corrected chi connectivity index (χ2v) is 5.55. The van der Waals surface area contributed by atoms with Crippen molar-refractivity contribution in [1.82, 2.24) is 5.32 Å². The number of hydrogen-bond donors (Lipinski definition) is 1. The summed E-state index contributed by atoms with van der Waals surface area (Å²) in [5.41, 5.74) is 3.45. The lowest BCUT2D eigenvalue weighted by Gasteiger charge is -2.18. The van der Waals surface area contributed by atoms with Gasteiger partial charge in [0.05, 0.1) is 6.61 Å². The number of nitrogens with one attached hydrogen (secondary N) is 1. The first kappa shape index (κ1) is 15.3. The Morgan fingerprint density at radius 2 is 2.00 bits per heavy atom. The van der Waals surface area contributed by atoms with E-state index in [1.807, 2.05) is 14.0 Å². The van der Waals surface area contributed by atoms with Gasteiger partial charge in [-0.15, -0.1) is 0 Å². The molecule has 1 rings (SSSR count). The molecule has 0 radical (unpaired) electrons. The number of hydrogen-bond acceptors (Lipinski definition) is 2. The summed E-state index contributed by atoms with van der Waals surface area (Å²) in [6.07, 6.45) is 0.940. The predicted octanol–water partition coefficient (Wildman–Crippen LogP) is 3.75. The fraction of sp³-hybridized carbons (Fsp3) is 0.600. The first-order valence-corrected chi connectivity index (χ1v) is 6.91. The monoisotopic (exact) mass is 269 g/mol. The summed E-state index contributed by atoms with van der Waals surface area (Å²) in [7, 11) is 1.96. The van der Waals surface area contributed by atoms with Crippen molar-refractivity contribution >= 4 is 11.6 Å². The number of ether oxygens (including phenoxy) is 1. The lowest BCUT2D eigenvalue weighted by atomic mass is 10.0. The maximum Gasteiger partial charge on any atom is 0.123 e. The number of benzene rings is 1. The standard InChI is InChI=1S/C15H24ClNO/c1-10(2)9-18-14-8-11(3)15(16)12(4)13(14)6-7-17-5/h8,10,17H,6-7,9H2,1-5H3. The van der Waals surface area contributed by atoms with Crippen LogP contribution in [0.1, 0.15) is 30.5 Å². The molecule has 1 N–H and O–H groups in total. The van der Waals surface area contributed by atoms with Crippen molar-refractivity contribution in [3.05, 3.63) is 27.8 Å². The molecule has 0 aliphatic carbocycles. The Labute approximate surface area is 116 Å². The highest BCUT2D eigenvalue weighted by molar-refractivity contribution is 6.32. The molecule has 0 saturated carbocycles. The molecule has 0 bridgehead atoms. The van der Waals surface area contributed by atoms with E-state index in [2.05, 4.69) is 32.2 Å². The minimum absolute atomic E-state index is 0.526. The zero-order valence-corrected chi connectivity index (χ0v) is 12.8. The van der Waals surface area contributed by atoms with Crippen LogP contribution in [0.4, 0.5) is 0 Å². The zero-order valence-electron chi connectivity index (χ0n) is 12.1. The van der Waals surface area contributed by atoms with E-state index < -0.39 is 0 Å². The van der Waals surface area contributed by atoms with Gasteiger partial charge in [0.15, 0.2) is 0 Å². The fourth-order valence-electron chi connectivity index (χ4n) is 1.91. The van der Waals surface area contributed by atoms with Gasteiger partial charge in [0.25, 0.3) is 0 Å². The third-order valence-electron chi connectivity index (χ3n) is 2.97. The summed E-state index contributed by atoms with van der Waals surface area (Å²) in [5, 5.41) is 4.03. The molecule has 0 aromatic heterocycles. The largest absolute Gasteiger partial charge is 0.493 e. The zero-order chi connectivity index (χ0) is 13.7. The summed E-state index contributed by atoms with van der Waals surface area (Å²) >= 11 is 6.32. The van der Waals surface area contributed by atoms with Gasteiger partial charge in [0.2, 0.25) is 0 Å². The molecule has 3 heteroatoms. The Morgan fingerprint density at radius 1 is 1.33 bits per heavy atom. The van der Waals surface area contributed by atoms with Gasteiger partial charge in [-0.2, -0.15) is 0 Å². The van der Waals surface area contributed by atoms with E-state index in [1.54, 1.807) is 0 Å². The van der Waals surface area contributed by atoms with E-state index in [0.29, 0.717) is 5.92 Å². The number of halogens is 1. The average Bonchev–Trinajstić information content (AvgIpc) is 2.32. The first-order valence-electron chi connectivity index (χ1n) is 6.53. The molecule has 2 nitrogen and oxygen atoms in total. The molecular formula is C15H24ClNO. The maximum atomic E-state index is 6.32. The van der Waals surface area contributed by atoms with Gasteiger partial charge in [-0.3, -0.25) is 0 Å². The molecule has 0 saturated heterocycles. The van der Waals surface area contributed by atoms with Crippen molar-refractivity contribution < 1.29 is 4.74 Å². The van der Waals surface area contributed by atoms with E-state index in [-0.39, 0.29) is 0 Å². The Bertz CT molecular complexity index is 402. The van der Waals surface area contributed by atoms with Gasteiger partial charge in [0.1, 0.15) is 5.75 Å². The van der Waals surface area contributed by atoms with Crippen LogP contribution in [0.25, 0.3) is 0 Å². The Balaban J connectivity index is 3.04. The van der Waals surface area contributed by atoms with E-state index in [1.165, 1.54) is 5.56 Å². The van der Waals surface area contributed by atoms with Gasteiger partial charge < -0.3 is 10.1 Å². The molecular weight excluding hydrogens is 246 g/mol. The second kappa shape index (κ2) is 7.01. The van der Waals surface area contributed by atoms with Crippen molar-refractivity contribution in [3.63, 3.8) is 0 Å². The molecule has 0 fully saturated rings. The van der Waals surface area contributed by atoms with Crippen LogP contribution in [0, 0.1) is 19.8 Å².